The molecule has 2 aromatic carbocycles. The van der Waals surface area contributed by atoms with Crippen LogP contribution in [0.2, 0.25) is 0 Å². The molecule has 0 bridgehead atoms. The number of carboxylic acids is 1. The Morgan fingerprint density at radius 1 is 1.03 bits per heavy atom. The number of nitrogens with one attached hydrogen (secondary N) is 1. The van der Waals surface area contributed by atoms with Crippen LogP contribution in [0.3, 0.4) is 0 Å². The minimum atomic E-state index is -1.12. The number of aliphatic carboxylic acids is 1. The van der Waals surface area contributed by atoms with Gasteiger partial charge in [-0.15, -0.1) is 0 Å². The Morgan fingerprint density at radius 2 is 1.65 bits per heavy atom. The first-order chi connectivity index (χ1) is 16.4. The number of rotatable bonds is 6. The quantitative estimate of drug-likeness (QED) is 0.605. The maximum atomic E-state index is 13.2. The lowest BCUT2D eigenvalue weighted by atomic mass is 9.67. The van der Waals surface area contributed by atoms with E-state index < -0.39 is 29.6 Å². The molecule has 2 fully saturated rings. The molecule has 3 aliphatic rings. The monoisotopic (exact) mass is 464 g/mol. The highest BCUT2D eigenvalue weighted by molar-refractivity contribution is 5.89. The minimum Gasteiger partial charge on any atom is -0.480 e. The van der Waals surface area contributed by atoms with Gasteiger partial charge in [-0.25, -0.2) is 9.59 Å². The van der Waals surface area contributed by atoms with Gasteiger partial charge in [0.1, 0.15) is 12.6 Å². The first-order valence-electron chi connectivity index (χ1n) is 11.7. The second-order valence-corrected chi connectivity index (χ2v) is 9.51. The molecule has 0 aromatic heterocycles. The lowest BCUT2D eigenvalue weighted by Crippen LogP contribution is -2.56. The Labute approximate surface area is 197 Å². The van der Waals surface area contributed by atoms with E-state index in [0.717, 1.165) is 28.7 Å². The van der Waals surface area contributed by atoms with E-state index in [4.69, 9.17) is 4.74 Å². The van der Waals surface area contributed by atoms with Gasteiger partial charge in [-0.1, -0.05) is 55.0 Å². The third-order valence-electron chi connectivity index (χ3n) is 7.50. The largest absolute Gasteiger partial charge is 0.480 e. The van der Waals surface area contributed by atoms with Crippen molar-refractivity contribution in [3.8, 4) is 11.1 Å². The fourth-order valence-corrected chi connectivity index (χ4v) is 5.54. The van der Waals surface area contributed by atoms with Gasteiger partial charge in [-0.3, -0.25) is 4.79 Å². The molecule has 2 amide bonds. The molecular weight excluding hydrogens is 436 g/mol. The zero-order valence-corrected chi connectivity index (χ0v) is 18.8. The molecule has 1 aliphatic heterocycles. The summed E-state index contributed by atoms with van der Waals surface area (Å²) in [7, 11) is 0. The Hall–Kier alpha value is -3.39. The zero-order chi connectivity index (χ0) is 23.9. The van der Waals surface area contributed by atoms with Crippen LogP contribution in [0.1, 0.15) is 42.7 Å². The number of hydrogen-bond donors (Lipinski definition) is 3. The van der Waals surface area contributed by atoms with E-state index >= 15 is 0 Å². The summed E-state index contributed by atoms with van der Waals surface area (Å²) in [6, 6.07) is 15.1. The van der Waals surface area contributed by atoms with Crippen molar-refractivity contribution in [1.82, 2.24) is 10.2 Å². The van der Waals surface area contributed by atoms with Gasteiger partial charge < -0.3 is 25.2 Å². The van der Waals surface area contributed by atoms with Crippen LogP contribution in [0.4, 0.5) is 4.79 Å². The summed E-state index contributed by atoms with van der Waals surface area (Å²) in [4.78, 5) is 38.6. The third-order valence-corrected chi connectivity index (χ3v) is 7.50. The van der Waals surface area contributed by atoms with Crippen molar-refractivity contribution in [2.24, 2.45) is 5.41 Å². The molecule has 1 saturated heterocycles. The van der Waals surface area contributed by atoms with E-state index in [0.29, 0.717) is 12.8 Å². The highest BCUT2D eigenvalue weighted by Crippen LogP contribution is 2.45. The van der Waals surface area contributed by atoms with E-state index in [-0.39, 0.29) is 37.9 Å². The number of carbonyl (C=O) groups excluding carboxylic acids is 2. The molecule has 8 heteroatoms. The number of hydrogen-bond acceptors (Lipinski definition) is 5. The molecule has 1 saturated carbocycles. The highest BCUT2D eigenvalue weighted by atomic mass is 16.5. The van der Waals surface area contributed by atoms with Gasteiger partial charge in [0.15, 0.2) is 0 Å². The van der Waals surface area contributed by atoms with Gasteiger partial charge in [0, 0.05) is 25.4 Å². The van der Waals surface area contributed by atoms with E-state index in [2.05, 4.69) is 17.4 Å². The number of alkyl carbamates (subject to hydrolysis) is 1. The smallest absolute Gasteiger partial charge is 0.407 e. The van der Waals surface area contributed by atoms with Crippen molar-refractivity contribution in [3.63, 3.8) is 0 Å². The van der Waals surface area contributed by atoms with Gasteiger partial charge in [0.05, 0.1) is 11.5 Å². The Morgan fingerprint density at radius 3 is 2.21 bits per heavy atom. The summed E-state index contributed by atoms with van der Waals surface area (Å²) < 4.78 is 5.58. The highest BCUT2D eigenvalue weighted by Gasteiger charge is 2.51. The number of nitrogens with zero attached hydrogens (tertiary/aromatic N) is 1. The van der Waals surface area contributed by atoms with Gasteiger partial charge in [-0.05, 0) is 35.1 Å². The number of aliphatic hydroxyl groups is 1. The summed E-state index contributed by atoms with van der Waals surface area (Å²) in [6.07, 6.45) is 0.529. The van der Waals surface area contributed by atoms with Crippen molar-refractivity contribution >= 4 is 18.0 Å². The molecular formula is C26H28N2O6. The molecule has 8 nitrogen and oxygen atoms in total. The fourth-order valence-electron chi connectivity index (χ4n) is 5.54. The molecule has 2 atom stereocenters. The summed E-state index contributed by atoms with van der Waals surface area (Å²) in [5, 5.41) is 22.1. The second-order valence-electron chi connectivity index (χ2n) is 9.51. The van der Waals surface area contributed by atoms with Crippen molar-refractivity contribution in [3.05, 3.63) is 59.7 Å². The maximum Gasteiger partial charge on any atom is 0.407 e. The molecule has 1 unspecified atom stereocenters. The number of aliphatic hydroxyl groups excluding tert-OH is 1. The molecule has 2 aromatic rings. The number of β-amino-alcohol motifs (C(OH)–C–C–N with tert-alkyl or cyclic N) is 1. The molecule has 3 N–H and O–H groups in total. The first-order valence-corrected chi connectivity index (χ1v) is 11.7. The summed E-state index contributed by atoms with van der Waals surface area (Å²) in [5.74, 6) is -1.50. The van der Waals surface area contributed by atoms with E-state index in [1.165, 1.54) is 4.90 Å². The number of carboxylic acid groups (broad SMARTS) is 1. The first kappa shape index (κ1) is 22.4. The van der Waals surface area contributed by atoms with Crippen LogP contribution in [-0.4, -0.2) is 64.9 Å². The van der Waals surface area contributed by atoms with Crippen molar-refractivity contribution in [2.45, 2.75) is 43.7 Å². The van der Waals surface area contributed by atoms with Crippen LogP contribution < -0.4 is 5.32 Å². The molecule has 1 heterocycles. The lowest BCUT2D eigenvalue weighted by Gasteiger charge is -2.43. The van der Waals surface area contributed by atoms with E-state index in [9.17, 15) is 24.6 Å². The predicted molar refractivity (Wildman–Crippen MR) is 123 cm³/mol. The standard InChI is InChI=1S/C26H28N2O6/c29-16-12-22(23(30)31)28(13-16)24(32)26(10-5-11-26)15-27-25(33)34-14-21-19-8-3-1-6-17(19)18-7-2-4-9-20(18)21/h1-4,6-9,16,21-22,29H,5,10-15H2,(H,27,33)(H,30,31)/t16?,22-/m0/s1. The number of likely N-dealkylation sites (tertiary alicyclic amines) is 1. The predicted octanol–water partition coefficient (Wildman–Crippen LogP) is 2.74. The van der Waals surface area contributed by atoms with Gasteiger partial charge >= 0.3 is 12.1 Å². The average molecular weight is 465 g/mol. The summed E-state index contributed by atoms with van der Waals surface area (Å²) >= 11 is 0. The molecule has 178 valence electrons. The molecule has 0 radical (unpaired) electrons. The van der Waals surface area contributed by atoms with Crippen LogP contribution in [0, 0.1) is 5.41 Å². The topological polar surface area (TPSA) is 116 Å². The van der Waals surface area contributed by atoms with Crippen LogP contribution in [0.25, 0.3) is 11.1 Å². The van der Waals surface area contributed by atoms with Crippen LogP contribution in [0.15, 0.2) is 48.5 Å². The summed E-state index contributed by atoms with van der Waals surface area (Å²) in [6.45, 7) is 0.268. The molecule has 5 rings (SSSR count). The number of carbonyl (C=O) groups is 3. The van der Waals surface area contributed by atoms with Gasteiger partial charge in [0.25, 0.3) is 0 Å². The number of benzene rings is 2. The Balaban J connectivity index is 1.22. The van der Waals surface area contributed by atoms with Crippen molar-refractivity contribution in [1.29, 1.82) is 0 Å². The second kappa shape index (κ2) is 8.76. The fraction of sp³-hybridized carbons (Fsp3) is 0.423. The van der Waals surface area contributed by atoms with E-state index in [1.54, 1.807) is 0 Å². The zero-order valence-electron chi connectivity index (χ0n) is 18.8. The average Bonchev–Trinajstić information content (AvgIpc) is 3.35. The van der Waals surface area contributed by atoms with Crippen LogP contribution in [0.5, 0.6) is 0 Å². The molecule has 0 spiro atoms. The van der Waals surface area contributed by atoms with Gasteiger partial charge in [0.2, 0.25) is 5.91 Å². The Kier molecular flexibility index (Phi) is 5.77. The van der Waals surface area contributed by atoms with Crippen molar-refractivity contribution < 1.29 is 29.3 Å². The number of amides is 2. The number of ether oxygens (including phenoxy) is 1. The molecule has 2 aliphatic carbocycles. The normalized spacial score (nSPS) is 22.4. The van der Waals surface area contributed by atoms with E-state index in [1.807, 2.05) is 36.4 Å². The molecule has 34 heavy (non-hydrogen) atoms. The lowest BCUT2D eigenvalue weighted by molar-refractivity contribution is -0.156. The number of fused-ring (bicyclic) bond motifs is 3. The minimum absolute atomic E-state index is 0.00247. The van der Waals surface area contributed by atoms with Gasteiger partial charge in [-0.2, -0.15) is 0 Å². The van der Waals surface area contributed by atoms with Crippen LogP contribution in [-0.2, 0) is 14.3 Å². The third kappa shape index (κ3) is 3.81. The SMILES string of the molecule is O=C(NCC1(C(=O)N2CC(O)C[C@H]2C(=O)O)CCC1)OCC1c2ccccc2-c2ccccc21. The summed E-state index contributed by atoms with van der Waals surface area (Å²) in [5.41, 5.74) is 3.69. The Bertz CT molecular complexity index is 1080. The van der Waals surface area contributed by atoms with Crippen LogP contribution >= 0.6 is 0 Å². The maximum absolute atomic E-state index is 13.2. The van der Waals surface area contributed by atoms with Crippen molar-refractivity contribution in [2.75, 3.05) is 19.7 Å².